The Kier molecular flexibility index (Phi) is 5.36. The smallest absolute Gasteiger partial charge is 0.244 e. The van der Waals surface area contributed by atoms with Gasteiger partial charge in [0.15, 0.2) is 11.5 Å². The number of nitrogens with zero attached hydrogens (tertiary/aromatic N) is 1. The Morgan fingerprint density at radius 2 is 1.80 bits per heavy atom. The van der Waals surface area contributed by atoms with Crippen LogP contribution >= 0.6 is 15.9 Å². The van der Waals surface area contributed by atoms with Crippen molar-refractivity contribution >= 4 is 26.0 Å². The molecule has 0 N–H and O–H groups in total. The number of halogens is 1. The summed E-state index contributed by atoms with van der Waals surface area (Å²) in [6, 6.07) is 12.3. The molecule has 0 amide bonds. The Labute approximate surface area is 156 Å². The molecular weight excluding hydrogens is 406 g/mol. The predicted octanol–water partition coefficient (Wildman–Crippen LogP) is 3.99. The molecule has 1 saturated heterocycles. The molecule has 0 spiro atoms. The van der Waals surface area contributed by atoms with E-state index >= 15 is 0 Å². The van der Waals surface area contributed by atoms with Gasteiger partial charge >= 0.3 is 0 Å². The van der Waals surface area contributed by atoms with E-state index in [2.05, 4.69) is 15.9 Å². The lowest BCUT2D eigenvalue weighted by Gasteiger charge is -2.25. The zero-order valence-corrected chi connectivity index (χ0v) is 16.5. The summed E-state index contributed by atoms with van der Waals surface area (Å²) in [5, 5.41) is 0. The summed E-state index contributed by atoms with van der Waals surface area (Å²) in [6.07, 6.45) is 1.60. The summed E-state index contributed by atoms with van der Waals surface area (Å²) in [6.45, 7) is 0.503. The van der Waals surface area contributed by atoms with Crippen molar-refractivity contribution in [3.63, 3.8) is 0 Å². The van der Waals surface area contributed by atoms with E-state index in [9.17, 15) is 8.42 Å². The van der Waals surface area contributed by atoms with Crippen LogP contribution in [-0.4, -0.2) is 33.5 Å². The number of sulfonamides is 1. The van der Waals surface area contributed by atoms with E-state index in [0.29, 0.717) is 27.4 Å². The van der Waals surface area contributed by atoms with E-state index in [1.54, 1.807) is 42.8 Å². The Balaban J connectivity index is 2.00. The van der Waals surface area contributed by atoms with E-state index < -0.39 is 10.0 Å². The third kappa shape index (κ3) is 3.41. The summed E-state index contributed by atoms with van der Waals surface area (Å²) >= 11 is 3.35. The van der Waals surface area contributed by atoms with E-state index in [4.69, 9.17) is 9.47 Å². The zero-order chi connectivity index (χ0) is 18.0. The van der Waals surface area contributed by atoms with E-state index in [1.165, 1.54) is 0 Å². The van der Waals surface area contributed by atoms with Crippen molar-refractivity contribution in [3.05, 3.63) is 52.5 Å². The molecule has 2 aromatic rings. The topological polar surface area (TPSA) is 55.8 Å². The van der Waals surface area contributed by atoms with Gasteiger partial charge in [-0.2, -0.15) is 4.31 Å². The molecule has 3 rings (SSSR count). The first-order valence-electron chi connectivity index (χ1n) is 7.97. The van der Waals surface area contributed by atoms with Crippen molar-refractivity contribution in [3.8, 4) is 11.5 Å². The van der Waals surface area contributed by atoms with Gasteiger partial charge in [0.2, 0.25) is 10.0 Å². The third-order valence-electron chi connectivity index (χ3n) is 4.42. The van der Waals surface area contributed by atoms with Crippen LogP contribution in [0, 0.1) is 0 Å². The predicted molar refractivity (Wildman–Crippen MR) is 99.6 cm³/mol. The number of benzene rings is 2. The Hall–Kier alpha value is -1.57. The van der Waals surface area contributed by atoms with Crippen LogP contribution in [0.2, 0.25) is 0 Å². The molecule has 5 nitrogen and oxygen atoms in total. The van der Waals surface area contributed by atoms with Gasteiger partial charge < -0.3 is 9.47 Å². The molecule has 134 valence electrons. The van der Waals surface area contributed by atoms with Crippen molar-refractivity contribution in [2.24, 2.45) is 0 Å². The minimum Gasteiger partial charge on any atom is -0.493 e. The number of hydrogen-bond acceptors (Lipinski definition) is 4. The maximum atomic E-state index is 13.2. The van der Waals surface area contributed by atoms with E-state index in [1.807, 2.05) is 18.2 Å². The quantitative estimate of drug-likeness (QED) is 0.726. The van der Waals surface area contributed by atoms with Gasteiger partial charge in [-0.15, -0.1) is 0 Å². The molecular formula is C18H20BrNO4S. The molecule has 0 saturated carbocycles. The first-order chi connectivity index (χ1) is 12.0. The van der Waals surface area contributed by atoms with Crippen LogP contribution in [0.4, 0.5) is 0 Å². The van der Waals surface area contributed by atoms with Crippen molar-refractivity contribution in [2.75, 3.05) is 20.8 Å². The Morgan fingerprint density at radius 1 is 1.08 bits per heavy atom. The van der Waals surface area contributed by atoms with Gasteiger partial charge in [0, 0.05) is 11.0 Å². The van der Waals surface area contributed by atoms with Crippen LogP contribution in [0.15, 0.2) is 51.8 Å². The highest BCUT2D eigenvalue weighted by atomic mass is 79.9. The number of ether oxygens (including phenoxy) is 2. The lowest BCUT2D eigenvalue weighted by atomic mass is 10.0. The molecule has 1 atom stereocenters. The maximum absolute atomic E-state index is 13.2. The lowest BCUT2D eigenvalue weighted by molar-refractivity contribution is 0.351. The molecule has 2 aromatic carbocycles. The highest BCUT2D eigenvalue weighted by Crippen LogP contribution is 2.40. The SMILES string of the molecule is COc1ccc([C@@H]2CCCN2S(=O)(=O)c2ccccc2Br)cc1OC. The van der Waals surface area contributed by atoms with Gasteiger partial charge in [0.25, 0.3) is 0 Å². The van der Waals surface area contributed by atoms with Crippen molar-refractivity contribution in [2.45, 2.75) is 23.8 Å². The van der Waals surface area contributed by atoms with Crippen LogP contribution in [0.5, 0.6) is 11.5 Å². The number of rotatable bonds is 5. The number of methoxy groups -OCH3 is 2. The summed E-state index contributed by atoms with van der Waals surface area (Å²) in [5.74, 6) is 1.23. The second kappa shape index (κ2) is 7.35. The summed E-state index contributed by atoms with van der Waals surface area (Å²) < 4.78 is 39.1. The fourth-order valence-corrected chi connectivity index (χ4v) is 5.85. The van der Waals surface area contributed by atoms with Crippen LogP contribution in [0.1, 0.15) is 24.4 Å². The Morgan fingerprint density at radius 3 is 2.48 bits per heavy atom. The first kappa shape index (κ1) is 18.2. The van der Waals surface area contributed by atoms with Crippen LogP contribution in [0.25, 0.3) is 0 Å². The molecule has 0 bridgehead atoms. The fourth-order valence-electron chi connectivity index (χ4n) is 3.20. The maximum Gasteiger partial charge on any atom is 0.244 e. The normalized spacial score (nSPS) is 18.3. The van der Waals surface area contributed by atoms with Gasteiger partial charge in [-0.05, 0) is 58.6 Å². The summed E-state index contributed by atoms with van der Waals surface area (Å²) in [7, 11) is -0.432. The molecule has 1 aliphatic heterocycles. The molecule has 25 heavy (non-hydrogen) atoms. The van der Waals surface area contributed by atoms with Crippen LogP contribution < -0.4 is 9.47 Å². The average Bonchev–Trinajstić information content (AvgIpc) is 3.12. The average molecular weight is 426 g/mol. The second-order valence-electron chi connectivity index (χ2n) is 5.82. The minimum absolute atomic E-state index is 0.211. The zero-order valence-electron chi connectivity index (χ0n) is 14.1. The molecule has 1 fully saturated rings. The molecule has 0 radical (unpaired) electrons. The molecule has 1 aliphatic rings. The summed E-state index contributed by atoms with van der Waals surface area (Å²) in [4.78, 5) is 0.294. The monoisotopic (exact) mass is 425 g/mol. The van der Waals surface area contributed by atoms with Crippen molar-refractivity contribution in [1.82, 2.24) is 4.31 Å². The minimum atomic E-state index is -3.59. The second-order valence-corrected chi connectivity index (χ2v) is 8.53. The highest BCUT2D eigenvalue weighted by Gasteiger charge is 2.37. The molecule has 1 heterocycles. The fraction of sp³-hybridized carbons (Fsp3) is 0.333. The van der Waals surface area contributed by atoms with Crippen molar-refractivity contribution < 1.29 is 17.9 Å². The third-order valence-corrected chi connectivity index (χ3v) is 7.34. The van der Waals surface area contributed by atoms with E-state index in [-0.39, 0.29) is 6.04 Å². The molecule has 0 aromatic heterocycles. The van der Waals surface area contributed by atoms with Gasteiger partial charge in [-0.25, -0.2) is 8.42 Å². The van der Waals surface area contributed by atoms with Crippen LogP contribution in [0.3, 0.4) is 0 Å². The summed E-state index contributed by atoms with van der Waals surface area (Å²) in [5.41, 5.74) is 0.908. The molecule has 0 aliphatic carbocycles. The molecule has 7 heteroatoms. The van der Waals surface area contributed by atoms with E-state index in [0.717, 1.165) is 18.4 Å². The largest absolute Gasteiger partial charge is 0.493 e. The lowest BCUT2D eigenvalue weighted by Crippen LogP contribution is -2.31. The standard InChI is InChI=1S/C18H20BrNO4S/c1-23-16-10-9-13(12-17(16)24-2)15-7-5-11-20(15)25(21,22)18-8-4-3-6-14(18)19/h3-4,6,8-10,12,15H,5,7,11H2,1-2H3/t15-/m0/s1. The Bertz CT molecular complexity index is 869. The van der Waals surface area contributed by atoms with Crippen molar-refractivity contribution in [1.29, 1.82) is 0 Å². The first-order valence-corrected chi connectivity index (χ1v) is 10.2. The number of hydrogen-bond donors (Lipinski definition) is 0. The van der Waals surface area contributed by atoms with Gasteiger partial charge in [-0.3, -0.25) is 0 Å². The van der Waals surface area contributed by atoms with Gasteiger partial charge in [0.1, 0.15) is 0 Å². The molecule has 0 unspecified atom stereocenters. The highest BCUT2D eigenvalue weighted by molar-refractivity contribution is 9.10. The van der Waals surface area contributed by atoms with Gasteiger partial charge in [0.05, 0.1) is 25.2 Å². The van der Waals surface area contributed by atoms with Crippen LogP contribution in [-0.2, 0) is 10.0 Å². The van der Waals surface area contributed by atoms with Gasteiger partial charge in [-0.1, -0.05) is 18.2 Å².